The van der Waals surface area contributed by atoms with E-state index in [4.69, 9.17) is 4.74 Å². The minimum atomic E-state index is 0.375. The first-order chi connectivity index (χ1) is 9.09. The Kier molecular flexibility index (Phi) is 4.61. The average molecular weight is 279 g/mol. The highest BCUT2D eigenvalue weighted by Gasteiger charge is 2.10. The average Bonchev–Trinajstić information content (AvgIpc) is 2.98. The molecule has 0 saturated heterocycles. The smallest absolute Gasteiger partial charge is 0.163 e. The highest BCUT2D eigenvalue weighted by atomic mass is 32.1. The first-order valence-corrected chi connectivity index (χ1v) is 7.37. The van der Waals surface area contributed by atoms with Crippen LogP contribution in [-0.2, 0) is 7.05 Å². The zero-order chi connectivity index (χ0) is 13.8. The van der Waals surface area contributed by atoms with Crippen molar-refractivity contribution in [1.29, 1.82) is 0 Å². The van der Waals surface area contributed by atoms with E-state index in [0.29, 0.717) is 12.6 Å². The Hall–Kier alpha value is -1.33. The predicted octanol–water partition coefficient (Wildman–Crippen LogP) is 2.83. The molecule has 0 amide bonds. The van der Waals surface area contributed by atoms with Crippen molar-refractivity contribution in [1.82, 2.24) is 15.1 Å². The topological polar surface area (TPSA) is 39.1 Å². The Morgan fingerprint density at radius 1 is 1.47 bits per heavy atom. The number of nitrogens with one attached hydrogen (secondary N) is 1. The van der Waals surface area contributed by atoms with E-state index in [9.17, 15) is 0 Å². The van der Waals surface area contributed by atoms with Crippen molar-refractivity contribution in [3.8, 4) is 5.75 Å². The molecule has 2 heterocycles. The number of rotatable bonds is 6. The van der Waals surface area contributed by atoms with Crippen molar-refractivity contribution in [3.63, 3.8) is 0 Å². The summed E-state index contributed by atoms with van der Waals surface area (Å²) in [4.78, 5) is 1.36. The van der Waals surface area contributed by atoms with Crippen LogP contribution >= 0.6 is 11.3 Å². The molecule has 0 fully saturated rings. The molecule has 2 aromatic rings. The zero-order valence-corrected chi connectivity index (χ0v) is 12.8. The largest absolute Gasteiger partial charge is 0.488 e. The summed E-state index contributed by atoms with van der Waals surface area (Å²) in [6.45, 7) is 7.66. The van der Waals surface area contributed by atoms with Crippen LogP contribution in [0.4, 0.5) is 0 Å². The van der Waals surface area contributed by atoms with E-state index in [-0.39, 0.29) is 0 Å². The van der Waals surface area contributed by atoms with E-state index < -0.39 is 0 Å². The lowest BCUT2D eigenvalue weighted by molar-refractivity contribution is 0.304. The van der Waals surface area contributed by atoms with Crippen LogP contribution in [-0.4, -0.2) is 22.9 Å². The van der Waals surface area contributed by atoms with Crippen molar-refractivity contribution in [2.45, 2.75) is 26.8 Å². The van der Waals surface area contributed by atoms with Crippen molar-refractivity contribution < 1.29 is 4.74 Å². The maximum Gasteiger partial charge on any atom is 0.163 e. The highest BCUT2D eigenvalue weighted by Crippen LogP contribution is 2.21. The normalized spacial score (nSPS) is 12.6. The Labute approximate surface area is 118 Å². The van der Waals surface area contributed by atoms with E-state index >= 15 is 0 Å². The van der Waals surface area contributed by atoms with Crippen LogP contribution in [0.3, 0.4) is 0 Å². The van der Waals surface area contributed by atoms with Gasteiger partial charge in [-0.25, -0.2) is 0 Å². The monoisotopic (exact) mass is 279 g/mol. The fourth-order valence-corrected chi connectivity index (χ4v) is 2.79. The molecule has 1 unspecified atom stereocenters. The fourth-order valence-electron chi connectivity index (χ4n) is 2.03. The third-order valence-corrected chi connectivity index (χ3v) is 4.27. The van der Waals surface area contributed by atoms with Gasteiger partial charge in [-0.2, -0.15) is 5.10 Å². The van der Waals surface area contributed by atoms with Gasteiger partial charge in [0.1, 0.15) is 12.3 Å². The number of thiophene rings is 1. The fraction of sp³-hybridized carbons (Fsp3) is 0.500. The van der Waals surface area contributed by atoms with Gasteiger partial charge in [0.2, 0.25) is 0 Å². The standard InChI is InChI=1S/C14H21N3OS/c1-10(13-6-5-9-19-13)15-7-8-18-14-11(2)16-17(4)12(14)3/h5-6,9-10,15H,7-8H2,1-4H3. The van der Waals surface area contributed by atoms with Gasteiger partial charge in [-0.05, 0) is 32.2 Å². The lowest BCUT2D eigenvalue weighted by Crippen LogP contribution is -2.23. The Morgan fingerprint density at radius 2 is 2.26 bits per heavy atom. The molecular formula is C14H21N3OS. The van der Waals surface area contributed by atoms with E-state index in [1.165, 1.54) is 4.88 Å². The first-order valence-electron chi connectivity index (χ1n) is 6.49. The van der Waals surface area contributed by atoms with Crippen LogP contribution in [0.15, 0.2) is 17.5 Å². The van der Waals surface area contributed by atoms with Crippen LogP contribution in [0.2, 0.25) is 0 Å². The first kappa shape index (κ1) is 14.1. The third kappa shape index (κ3) is 3.36. The predicted molar refractivity (Wildman–Crippen MR) is 78.9 cm³/mol. The molecule has 5 heteroatoms. The van der Waals surface area contributed by atoms with Gasteiger partial charge in [0.25, 0.3) is 0 Å². The molecular weight excluding hydrogens is 258 g/mol. The highest BCUT2D eigenvalue weighted by molar-refractivity contribution is 7.10. The molecule has 1 N–H and O–H groups in total. The van der Waals surface area contributed by atoms with Crippen molar-refractivity contribution in [3.05, 3.63) is 33.8 Å². The summed E-state index contributed by atoms with van der Waals surface area (Å²) in [6.07, 6.45) is 0. The summed E-state index contributed by atoms with van der Waals surface area (Å²) < 4.78 is 7.67. The van der Waals surface area contributed by atoms with Crippen molar-refractivity contribution in [2.75, 3.05) is 13.2 Å². The summed E-state index contributed by atoms with van der Waals surface area (Å²) >= 11 is 1.78. The molecule has 104 valence electrons. The van der Waals surface area contributed by atoms with Crippen LogP contribution in [0, 0.1) is 13.8 Å². The second kappa shape index (κ2) is 6.21. The van der Waals surface area contributed by atoms with Gasteiger partial charge in [-0.1, -0.05) is 6.07 Å². The molecule has 0 spiro atoms. The summed E-state index contributed by atoms with van der Waals surface area (Å²) in [5.74, 6) is 0.910. The van der Waals surface area contributed by atoms with Crippen LogP contribution in [0.1, 0.15) is 29.2 Å². The minimum Gasteiger partial charge on any atom is -0.488 e. The van der Waals surface area contributed by atoms with Gasteiger partial charge in [0.15, 0.2) is 5.75 Å². The van der Waals surface area contributed by atoms with E-state index in [2.05, 4.69) is 34.9 Å². The molecule has 0 saturated carbocycles. The molecule has 0 bridgehead atoms. The third-order valence-electron chi connectivity index (χ3n) is 3.21. The maximum absolute atomic E-state index is 5.81. The molecule has 0 aliphatic rings. The zero-order valence-electron chi connectivity index (χ0n) is 11.9. The quantitative estimate of drug-likeness (QED) is 0.826. The second-order valence-corrected chi connectivity index (χ2v) is 5.64. The maximum atomic E-state index is 5.81. The van der Waals surface area contributed by atoms with Gasteiger partial charge in [-0.15, -0.1) is 11.3 Å². The van der Waals surface area contributed by atoms with Crippen molar-refractivity contribution in [2.24, 2.45) is 7.05 Å². The number of ether oxygens (including phenoxy) is 1. The molecule has 2 rings (SSSR count). The van der Waals surface area contributed by atoms with Crippen molar-refractivity contribution >= 4 is 11.3 Å². The molecule has 0 aliphatic carbocycles. The molecule has 0 radical (unpaired) electrons. The van der Waals surface area contributed by atoms with Crippen LogP contribution < -0.4 is 10.1 Å². The molecule has 4 nitrogen and oxygen atoms in total. The SMILES string of the molecule is Cc1nn(C)c(C)c1OCCNC(C)c1cccs1. The van der Waals surface area contributed by atoms with Gasteiger partial charge in [0.05, 0.1) is 5.69 Å². The Balaban J connectivity index is 1.78. The summed E-state index contributed by atoms with van der Waals surface area (Å²) in [5, 5.41) is 9.90. The second-order valence-electron chi connectivity index (χ2n) is 4.66. The summed E-state index contributed by atoms with van der Waals surface area (Å²) in [5.41, 5.74) is 2.02. The van der Waals surface area contributed by atoms with Gasteiger partial charge in [0, 0.05) is 24.5 Å². The number of hydrogen-bond acceptors (Lipinski definition) is 4. The summed E-state index contributed by atoms with van der Waals surface area (Å²) in [7, 11) is 1.94. The Bertz CT molecular complexity index is 519. The minimum absolute atomic E-state index is 0.375. The Morgan fingerprint density at radius 3 is 2.84 bits per heavy atom. The lowest BCUT2D eigenvalue weighted by Gasteiger charge is -2.12. The van der Waals surface area contributed by atoms with E-state index in [1.54, 1.807) is 11.3 Å². The van der Waals surface area contributed by atoms with Gasteiger partial charge in [-0.3, -0.25) is 4.68 Å². The van der Waals surface area contributed by atoms with Crippen LogP contribution in [0.5, 0.6) is 5.75 Å². The molecule has 1 atom stereocenters. The molecule has 0 aromatic carbocycles. The van der Waals surface area contributed by atoms with Gasteiger partial charge >= 0.3 is 0 Å². The number of nitrogens with zero attached hydrogens (tertiary/aromatic N) is 2. The van der Waals surface area contributed by atoms with E-state index in [1.807, 2.05) is 25.6 Å². The number of aryl methyl sites for hydroxylation is 2. The van der Waals surface area contributed by atoms with E-state index in [0.717, 1.165) is 23.7 Å². The summed E-state index contributed by atoms with van der Waals surface area (Å²) in [6, 6.07) is 4.61. The van der Waals surface area contributed by atoms with Gasteiger partial charge < -0.3 is 10.1 Å². The van der Waals surface area contributed by atoms with Crippen LogP contribution in [0.25, 0.3) is 0 Å². The number of aromatic nitrogens is 2. The molecule has 19 heavy (non-hydrogen) atoms. The molecule has 2 aromatic heterocycles. The number of hydrogen-bond donors (Lipinski definition) is 1. The molecule has 0 aliphatic heterocycles. The lowest BCUT2D eigenvalue weighted by atomic mass is 10.3.